The summed E-state index contributed by atoms with van der Waals surface area (Å²) in [5.74, 6) is -0.568. The average molecular weight is 202 g/mol. The van der Waals surface area contributed by atoms with Crippen LogP contribution in [-0.4, -0.2) is 12.6 Å². The van der Waals surface area contributed by atoms with Crippen molar-refractivity contribution in [1.82, 2.24) is 0 Å². The quantitative estimate of drug-likeness (QED) is 0.689. The van der Waals surface area contributed by atoms with Crippen LogP contribution in [0.15, 0.2) is 0 Å². The Hall–Kier alpha value is -0.900. The minimum atomic E-state index is -0.568. The Bertz CT molecular complexity index is 331. The van der Waals surface area contributed by atoms with Crippen LogP contribution >= 0.6 is 11.3 Å². The average Bonchev–Trinajstić information content (AvgIpc) is 2.27. The van der Waals surface area contributed by atoms with Crippen molar-refractivity contribution in [2.75, 3.05) is 6.61 Å². The number of hydrogen-bond acceptors (Lipinski definition) is 3. The van der Waals surface area contributed by atoms with E-state index in [-0.39, 0.29) is 12.2 Å². The molecule has 0 saturated carbocycles. The maximum atomic E-state index is 13.2. The number of hydrogen-bond donors (Lipinski definition) is 0. The lowest BCUT2D eigenvalue weighted by Crippen LogP contribution is -2.06. The van der Waals surface area contributed by atoms with Crippen LogP contribution in [0.2, 0.25) is 0 Å². The molecule has 13 heavy (non-hydrogen) atoms. The van der Waals surface area contributed by atoms with E-state index < -0.39 is 11.1 Å². The lowest BCUT2D eigenvalue weighted by atomic mass is 10.2. The number of aryl methyl sites for hydroxylation is 1. The number of carbonyl (C=O) groups excluding carboxylic acids is 1. The molecular formula is C9H11FO2S. The Morgan fingerprint density at radius 2 is 2.15 bits per heavy atom. The highest BCUT2D eigenvalue weighted by atomic mass is 32.1. The van der Waals surface area contributed by atoms with Crippen LogP contribution < -0.4 is 0 Å². The molecule has 1 heterocycles. The number of esters is 1. The molecule has 0 radical (unpaired) electrons. The van der Waals surface area contributed by atoms with Crippen LogP contribution in [0, 0.1) is 19.0 Å². The van der Waals surface area contributed by atoms with Crippen LogP contribution in [0.3, 0.4) is 0 Å². The first-order valence-electron chi connectivity index (χ1n) is 4.00. The number of carbonyl (C=O) groups is 1. The van der Waals surface area contributed by atoms with Crippen molar-refractivity contribution in [3.05, 3.63) is 21.1 Å². The minimum absolute atomic E-state index is 0.0874. The highest BCUT2D eigenvalue weighted by Crippen LogP contribution is 2.26. The van der Waals surface area contributed by atoms with Crippen LogP contribution in [0.5, 0.6) is 0 Å². The predicted octanol–water partition coefficient (Wildman–Crippen LogP) is 2.68. The first-order chi connectivity index (χ1) is 6.07. The SMILES string of the molecule is CCOC(=O)c1c(F)sc(C)c1C. The van der Waals surface area contributed by atoms with E-state index in [9.17, 15) is 9.18 Å². The summed E-state index contributed by atoms with van der Waals surface area (Å²) in [6, 6.07) is 0. The summed E-state index contributed by atoms with van der Waals surface area (Å²) < 4.78 is 17.9. The zero-order chi connectivity index (χ0) is 10.0. The van der Waals surface area contributed by atoms with Gasteiger partial charge in [0.1, 0.15) is 5.56 Å². The van der Waals surface area contributed by atoms with Gasteiger partial charge in [-0.1, -0.05) is 0 Å². The van der Waals surface area contributed by atoms with E-state index >= 15 is 0 Å². The summed E-state index contributed by atoms with van der Waals surface area (Å²) in [6.45, 7) is 5.48. The van der Waals surface area contributed by atoms with E-state index in [1.807, 2.05) is 0 Å². The van der Waals surface area contributed by atoms with Crippen molar-refractivity contribution >= 4 is 17.3 Å². The first kappa shape index (κ1) is 10.2. The van der Waals surface area contributed by atoms with E-state index in [1.165, 1.54) is 0 Å². The van der Waals surface area contributed by atoms with Crippen LogP contribution in [-0.2, 0) is 4.74 Å². The predicted molar refractivity (Wildman–Crippen MR) is 49.7 cm³/mol. The maximum Gasteiger partial charge on any atom is 0.342 e. The summed E-state index contributed by atoms with van der Waals surface area (Å²) in [5, 5.41) is -0.451. The van der Waals surface area contributed by atoms with Gasteiger partial charge in [0.2, 0.25) is 0 Å². The molecule has 0 aliphatic carbocycles. The molecule has 0 bridgehead atoms. The Labute approximate surface area is 80.3 Å². The summed E-state index contributed by atoms with van der Waals surface area (Å²) in [6.07, 6.45) is 0. The third kappa shape index (κ3) is 1.88. The fourth-order valence-electron chi connectivity index (χ4n) is 1.02. The fraction of sp³-hybridized carbons (Fsp3) is 0.444. The van der Waals surface area contributed by atoms with Crippen molar-refractivity contribution in [2.45, 2.75) is 20.8 Å². The van der Waals surface area contributed by atoms with Gasteiger partial charge in [0, 0.05) is 4.88 Å². The van der Waals surface area contributed by atoms with E-state index in [4.69, 9.17) is 4.74 Å². The topological polar surface area (TPSA) is 26.3 Å². The van der Waals surface area contributed by atoms with Gasteiger partial charge in [-0.3, -0.25) is 0 Å². The second-order valence-corrected chi connectivity index (χ2v) is 3.83. The Morgan fingerprint density at radius 3 is 2.54 bits per heavy atom. The Kier molecular flexibility index (Phi) is 3.03. The highest BCUT2D eigenvalue weighted by Gasteiger charge is 2.20. The summed E-state index contributed by atoms with van der Waals surface area (Å²) in [4.78, 5) is 12.1. The van der Waals surface area contributed by atoms with E-state index in [0.717, 1.165) is 16.2 Å². The number of thiophene rings is 1. The fourth-order valence-corrected chi connectivity index (χ4v) is 1.88. The zero-order valence-electron chi connectivity index (χ0n) is 7.81. The third-order valence-corrected chi connectivity index (χ3v) is 2.82. The first-order valence-corrected chi connectivity index (χ1v) is 4.82. The molecule has 0 amide bonds. The van der Waals surface area contributed by atoms with Crippen molar-refractivity contribution in [3.8, 4) is 0 Å². The molecule has 1 rings (SSSR count). The largest absolute Gasteiger partial charge is 0.462 e. The number of ether oxygens (including phenoxy) is 1. The standard InChI is InChI=1S/C9H11FO2S/c1-4-12-9(11)7-5(2)6(3)13-8(7)10/h4H2,1-3H3. The van der Waals surface area contributed by atoms with Gasteiger partial charge in [0.25, 0.3) is 0 Å². The lowest BCUT2D eigenvalue weighted by Gasteiger charge is -2.00. The lowest BCUT2D eigenvalue weighted by molar-refractivity contribution is 0.0521. The summed E-state index contributed by atoms with van der Waals surface area (Å²) in [7, 11) is 0. The smallest absolute Gasteiger partial charge is 0.342 e. The van der Waals surface area contributed by atoms with Crippen LogP contribution in [0.1, 0.15) is 27.7 Å². The monoisotopic (exact) mass is 202 g/mol. The molecule has 0 fully saturated rings. The molecule has 0 unspecified atom stereocenters. The van der Waals surface area contributed by atoms with E-state index in [2.05, 4.69) is 0 Å². The van der Waals surface area contributed by atoms with Gasteiger partial charge in [0.05, 0.1) is 6.61 Å². The van der Waals surface area contributed by atoms with E-state index in [0.29, 0.717) is 5.56 Å². The molecule has 1 aromatic rings. The van der Waals surface area contributed by atoms with Crippen molar-refractivity contribution in [2.24, 2.45) is 0 Å². The molecule has 0 saturated heterocycles. The molecule has 0 aliphatic rings. The molecule has 0 spiro atoms. The van der Waals surface area contributed by atoms with Crippen molar-refractivity contribution in [3.63, 3.8) is 0 Å². The van der Waals surface area contributed by atoms with Gasteiger partial charge in [-0.2, -0.15) is 4.39 Å². The van der Waals surface area contributed by atoms with Crippen LogP contribution in [0.4, 0.5) is 4.39 Å². The summed E-state index contributed by atoms with van der Waals surface area (Å²) in [5.41, 5.74) is 0.769. The van der Waals surface area contributed by atoms with Gasteiger partial charge in [0.15, 0.2) is 5.13 Å². The molecule has 0 atom stereocenters. The maximum absolute atomic E-state index is 13.2. The van der Waals surface area contributed by atoms with Gasteiger partial charge in [-0.05, 0) is 26.3 Å². The molecule has 0 aliphatic heterocycles. The van der Waals surface area contributed by atoms with Gasteiger partial charge in [-0.15, -0.1) is 11.3 Å². The van der Waals surface area contributed by atoms with Crippen molar-refractivity contribution < 1.29 is 13.9 Å². The second-order valence-electron chi connectivity index (χ2n) is 2.65. The Balaban J connectivity index is 3.06. The van der Waals surface area contributed by atoms with Crippen LogP contribution in [0.25, 0.3) is 0 Å². The number of rotatable bonds is 2. The van der Waals surface area contributed by atoms with Gasteiger partial charge < -0.3 is 4.74 Å². The number of halogens is 1. The third-order valence-electron chi connectivity index (χ3n) is 1.82. The molecular weight excluding hydrogens is 191 g/mol. The molecule has 2 nitrogen and oxygen atoms in total. The zero-order valence-corrected chi connectivity index (χ0v) is 8.63. The van der Waals surface area contributed by atoms with Crippen molar-refractivity contribution in [1.29, 1.82) is 0 Å². The molecule has 0 N–H and O–H groups in total. The van der Waals surface area contributed by atoms with Gasteiger partial charge >= 0.3 is 5.97 Å². The summed E-state index contributed by atoms with van der Waals surface area (Å²) >= 11 is 0.983. The molecule has 4 heteroatoms. The van der Waals surface area contributed by atoms with Gasteiger partial charge in [-0.25, -0.2) is 4.79 Å². The minimum Gasteiger partial charge on any atom is -0.462 e. The molecule has 72 valence electrons. The molecule has 0 aromatic carbocycles. The highest BCUT2D eigenvalue weighted by molar-refractivity contribution is 7.10. The second kappa shape index (κ2) is 3.87. The normalized spacial score (nSPS) is 10.2. The Morgan fingerprint density at radius 1 is 1.54 bits per heavy atom. The molecule has 1 aromatic heterocycles. The van der Waals surface area contributed by atoms with E-state index in [1.54, 1.807) is 20.8 Å².